The molecule has 5 nitrogen and oxygen atoms in total. The molecule has 3 aromatic rings. The molecular weight excluding hydrogens is 344 g/mol. The standard InChI is InChI=1S/C20H26N4OS/c1-13(2)11-17(22-18(25)12-15-7-6-10-26-15)20-23-16-8-5-9-21-19(16)24(20)14(3)4/h5-10,13-14,17H,11-12H2,1-4H3,(H,22,25). The van der Waals surface area contributed by atoms with Gasteiger partial charge in [-0.15, -0.1) is 11.3 Å². The molecule has 0 aliphatic rings. The van der Waals surface area contributed by atoms with Crippen LogP contribution in [-0.2, 0) is 11.2 Å². The number of fused-ring (bicyclic) bond motifs is 1. The lowest BCUT2D eigenvalue weighted by Crippen LogP contribution is -2.32. The van der Waals surface area contributed by atoms with E-state index >= 15 is 0 Å². The third-order valence-electron chi connectivity index (χ3n) is 4.26. The zero-order valence-corrected chi connectivity index (χ0v) is 16.6. The molecule has 0 bridgehead atoms. The number of carbonyl (C=O) groups is 1. The molecule has 3 heterocycles. The summed E-state index contributed by atoms with van der Waals surface area (Å²) in [6, 6.07) is 7.94. The summed E-state index contributed by atoms with van der Waals surface area (Å²) in [4.78, 5) is 23.0. The van der Waals surface area contributed by atoms with Gasteiger partial charge in [-0.25, -0.2) is 9.97 Å². The predicted molar refractivity (Wildman–Crippen MR) is 106 cm³/mol. The van der Waals surface area contributed by atoms with Crippen LogP contribution >= 0.6 is 11.3 Å². The average Bonchev–Trinajstić information content (AvgIpc) is 3.20. The molecule has 0 saturated carbocycles. The van der Waals surface area contributed by atoms with Crippen molar-refractivity contribution in [2.24, 2.45) is 5.92 Å². The van der Waals surface area contributed by atoms with E-state index in [1.165, 1.54) is 0 Å². The van der Waals surface area contributed by atoms with E-state index in [0.29, 0.717) is 12.3 Å². The molecule has 0 aliphatic heterocycles. The Bertz CT molecular complexity index is 867. The van der Waals surface area contributed by atoms with Crippen molar-refractivity contribution in [3.8, 4) is 0 Å². The maximum absolute atomic E-state index is 12.6. The minimum atomic E-state index is -0.126. The van der Waals surface area contributed by atoms with Gasteiger partial charge in [0.2, 0.25) is 5.91 Å². The number of aromatic nitrogens is 3. The smallest absolute Gasteiger partial charge is 0.225 e. The topological polar surface area (TPSA) is 59.8 Å². The highest BCUT2D eigenvalue weighted by molar-refractivity contribution is 7.10. The molecule has 0 saturated heterocycles. The van der Waals surface area contributed by atoms with E-state index in [9.17, 15) is 4.79 Å². The Morgan fingerprint density at radius 3 is 2.69 bits per heavy atom. The summed E-state index contributed by atoms with van der Waals surface area (Å²) in [5.74, 6) is 1.37. The van der Waals surface area contributed by atoms with Crippen LogP contribution in [0, 0.1) is 5.92 Å². The maximum atomic E-state index is 12.6. The molecule has 1 amide bonds. The lowest BCUT2D eigenvalue weighted by atomic mass is 10.0. The van der Waals surface area contributed by atoms with Crippen LogP contribution < -0.4 is 5.32 Å². The Labute approximate surface area is 158 Å². The summed E-state index contributed by atoms with van der Waals surface area (Å²) in [6.45, 7) is 8.58. The van der Waals surface area contributed by atoms with Crippen LogP contribution in [0.1, 0.15) is 56.9 Å². The van der Waals surface area contributed by atoms with E-state index in [-0.39, 0.29) is 18.0 Å². The molecule has 0 aliphatic carbocycles. The number of nitrogens with one attached hydrogen (secondary N) is 1. The van der Waals surface area contributed by atoms with Gasteiger partial charge in [0.25, 0.3) is 0 Å². The van der Waals surface area contributed by atoms with Crippen molar-refractivity contribution in [3.63, 3.8) is 0 Å². The normalized spacial score (nSPS) is 12.8. The summed E-state index contributed by atoms with van der Waals surface area (Å²) in [7, 11) is 0. The molecule has 3 aromatic heterocycles. The number of hydrogen-bond acceptors (Lipinski definition) is 4. The summed E-state index contributed by atoms with van der Waals surface area (Å²) < 4.78 is 2.15. The number of pyridine rings is 1. The first-order valence-corrected chi connectivity index (χ1v) is 9.98. The van der Waals surface area contributed by atoms with Gasteiger partial charge in [-0.3, -0.25) is 4.79 Å². The highest BCUT2D eigenvalue weighted by atomic mass is 32.1. The van der Waals surface area contributed by atoms with E-state index < -0.39 is 0 Å². The third kappa shape index (κ3) is 4.12. The van der Waals surface area contributed by atoms with E-state index in [4.69, 9.17) is 4.98 Å². The number of rotatable bonds is 7. The molecule has 0 aromatic carbocycles. The highest BCUT2D eigenvalue weighted by Gasteiger charge is 2.25. The van der Waals surface area contributed by atoms with Gasteiger partial charge < -0.3 is 9.88 Å². The predicted octanol–water partition coefficient (Wildman–Crippen LogP) is 4.52. The lowest BCUT2D eigenvalue weighted by Gasteiger charge is -2.23. The van der Waals surface area contributed by atoms with Crippen LogP contribution in [0.5, 0.6) is 0 Å². The van der Waals surface area contributed by atoms with Crippen LogP contribution in [0.25, 0.3) is 11.2 Å². The second-order valence-electron chi connectivity index (χ2n) is 7.29. The van der Waals surface area contributed by atoms with E-state index in [2.05, 4.69) is 42.6 Å². The first-order chi connectivity index (χ1) is 12.5. The number of thiophene rings is 1. The number of imidazole rings is 1. The van der Waals surface area contributed by atoms with E-state index in [0.717, 1.165) is 28.3 Å². The van der Waals surface area contributed by atoms with Crippen LogP contribution in [0.3, 0.4) is 0 Å². The molecule has 138 valence electrons. The second-order valence-corrected chi connectivity index (χ2v) is 8.32. The van der Waals surface area contributed by atoms with Gasteiger partial charge in [0, 0.05) is 17.1 Å². The van der Waals surface area contributed by atoms with Crippen molar-refractivity contribution in [2.75, 3.05) is 0 Å². The molecule has 3 rings (SSSR count). The maximum Gasteiger partial charge on any atom is 0.225 e. The zero-order chi connectivity index (χ0) is 18.7. The van der Waals surface area contributed by atoms with Gasteiger partial charge in [0.15, 0.2) is 5.65 Å². The van der Waals surface area contributed by atoms with Gasteiger partial charge in [-0.2, -0.15) is 0 Å². The third-order valence-corrected chi connectivity index (χ3v) is 5.14. The van der Waals surface area contributed by atoms with Gasteiger partial charge in [0.05, 0.1) is 12.5 Å². The number of hydrogen-bond donors (Lipinski definition) is 1. The monoisotopic (exact) mass is 370 g/mol. The molecule has 1 atom stereocenters. The molecule has 26 heavy (non-hydrogen) atoms. The minimum Gasteiger partial charge on any atom is -0.346 e. The van der Waals surface area contributed by atoms with Crippen LogP contribution in [0.4, 0.5) is 0 Å². The average molecular weight is 371 g/mol. The first-order valence-electron chi connectivity index (χ1n) is 9.10. The molecule has 1 unspecified atom stereocenters. The first kappa shape index (κ1) is 18.6. The fraction of sp³-hybridized carbons (Fsp3) is 0.450. The van der Waals surface area contributed by atoms with E-state index in [1.54, 1.807) is 17.5 Å². The number of nitrogens with zero attached hydrogens (tertiary/aromatic N) is 3. The van der Waals surface area contributed by atoms with Crippen molar-refractivity contribution in [3.05, 3.63) is 46.5 Å². The Hall–Kier alpha value is -2.21. The summed E-state index contributed by atoms with van der Waals surface area (Å²) in [5.41, 5.74) is 1.75. The van der Waals surface area contributed by atoms with Gasteiger partial charge in [0.1, 0.15) is 11.3 Å². The fourth-order valence-electron chi connectivity index (χ4n) is 3.22. The Kier molecular flexibility index (Phi) is 5.71. The van der Waals surface area contributed by atoms with Crippen molar-refractivity contribution in [1.29, 1.82) is 0 Å². The van der Waals surface area contributed by atoms with Crippen molar-refractivity contribution >= 4 is 28.4 Å². The van der Waals surface area contributed by atoms with E-state index in [1.807, 2.05) is 29.6 Å². The molecule has 0 fully saturated rings. The number of amides is 1. The molecule has 0 radical (unpaired) electrons. The van der Waals surface area contributed by atoms with Crippen molar-refractivity contribution in [1.82, 2.24) is 19.9 Å². The summed E-state index contributed by atoms with van der Waals surface area (Å²) in [6.07, 6.45) is 3.04. The molecule has 6 heteroatoms. The van der Waals surface area contributed by atoms with Gasteiger partial charge in [-0.1, -0.05) is 19.9 Å². The SMILES string of the molecule is CC(C)CC(NC(=O)Cc1cccs1)c1nc2cccnc2n1C(C)C. The van der Waals surface area contributed by atoms with Crippen LogP contribution in [0.15, 0.2) is 35.8 Å². The number of carbonyl (C=O) groups excluding carboxylic acids is 1. The quantitative estimate of drug-likeness (QED) is 0.665. The van der Waals surface area contributed by atoms with Crippen LogP contribution in [0.2, 0.25) is 0 Å². The summed E-state index contributed by atoms with van der Waals surface area (Å²) in [5, 5.41) is 5.21. The largest absolute Gasteiger partial charge is 0.346 e. The Balaban J connectivity index is 1.93. The highest BCUT2D eigenvalue weighted by Crippen LogP contribution is 2.27. The molecular formula is C20H26N4OS. The van der Waals surface area contributed by atoms with Gasteiger partial charge >= 0.3 is 0 Å². The molecule has 1 N–H and O–H groups in total. The Morgan fingerprint density at radius 2 is 2.04 bits per heavy atom. The van der Waals surface area contributed by atoms with Gasteiger partial charge in [-0.05, 0) is 49.8 Å². The zero-order valence-electron chi connectivity index (χ0n) is 15.8. The minimum absolute atomic E-state index is 0.0356. The van der Waals surface area contributed by atoms with Crippen molar-refractivity contribution in [2.45, 2.75) is 52.6 Å². The fourth-order valence-corrected chi connectivity index (χ4v) is 3.92. The lowest BCUT2D eigenvalue weighted by molar-refractivity contribution is -0.121. The van der Waals surface area contributed by atoms with Crippen molar-refractivity contribution < 1.29 is 4.79 Å². The molecule has 0 spiro atoms. The Morgan fingerprint density at radius 1 is 1.23 bits per heavy atom. The summed E-state index contributed by atoms with van der Waals surface area (Å²) >= 11 is 1.61. The van der Waals surface area contributed by atoms with Crippen LogP contribution in [-0.4, -0.2) is 20.4 Å². The second kappa shape index (κ2) is 7.99.